The molecule has 1 aromatic carbocycles. The van der Waals surface area contributed by atoms with Crippen LogP contribution in [0.3, 0.4) is 0 Å². The van der Waals surface area contributed by atoms with E-state index in [1.165, 1.54) is 4.40 Å². The Kier molecular flexibility index (Phi) is 3.58. The molecule has 0 bridgehead atoms. The van der Waals surface area contributed by atoms with E-state index in [2.05, 4.69) is 10.3 Å². The van der Waals surface area contributed by atoms with Crippen LogP contribution < -0.4 is 20.3 Å². The van der Waals surface area contributed by atoms with Gasteiger partial charge in [-0.25, -0.2) is 4.98 Å². The van der Waals surface area contributed by atoms with Crippen LogP contribution in [0, 0.1) is 0 Å². The number of nitrogens with zero attached hydrogens (tertiary/aromatic N) is 3. The Labute approximate surface area is 158 Å². The second-order valence-electron chi connectivity index (χ2n) is 6.54. The molecule has 28 heavy (non-hydrogen) atoms. The lowest BCUT2D eigenvalue weighted by Gasteiger charge is -2.07. The van der Waals surface area contributed by atoms with E-state index in [0.717, 1.165) is 5.56 Å². The molecular formula is C20H16N4O4. The van der Waals surface area contributed by atoms with Crippen molar-refractivity contribution in [1.29, 1.82) is 0 Å². The van der Waals surface area contributed by atoms with Gasteiger partial charge in [-0.1, -0.05) is 12.1 Å². The maximum absolute atomic E-state index is 12.7. The first-order valence-corrected chi connectivity index (χ1v) is 8.75. The van der Waals surface area contributed by atoms with Crippen LogP contribution >= 0.6 is 0 Å². The fourth-order valence-electron chi connectivity index (χ4n) is 3.36. The highest BCUT2D eigenvalue weighted by molar-refractivity contribution is 5.98. The van der Waals surface area contributed by atoms with Gasteiger partial charge in [-0.05, 0) is 35.9 Å². The number of rotatable bonds is 3. The fraction of sp³-hybridized carbons (Fsp3) is 0.150. The number of benzene rings is 1. The summed E-state index contributed by atoms with van der Waals surface area (Å²) in [7, 11) is 1.73. The molecule has 0 aliphatic carbocycles. The number of nitrogens with one attached hydrogen (secondary N) is 1. The highest BCUT2D eigenvalue weighted by Crippen LogP contribution is 2.32. The summed E-state index contributed by atoms with van der Waals surface area (Å²) in [4.78, 5) is 30.0. The van der Waals surface area contributed by atoms with Gasteiger partial charge in [0, 0.05) is 19.8 Å². The number of hydrogen-bond donors (Lipinski definition) is 1. The number of aryl methyl sites for hydroxylation is 1. The van der Waals surface area contributed by atoms with Crippen LogP contribution in [0.1, 0.15) is 16.1 Å². The lowest BCUT2D eigenvalue weighted by Crippen LogP contribution is -2.24. The number of amides is 1. The molecule has 0 unspecified atom stereocenters. The molecule has 3 aromatic heterocycles. The molecule has 8 heteroatoms. The van der Waals surface area contributed by atoms with E-state index in [1.54, 1.807) is 36.0 Å². The van der Waals surface area contributed by atoms with Crippen molar-refractivity contribution in [3.63, 3.8) is 0 Å². The standard InChI is InChI=1S/C20H16N4O4/c1-23-14(9-13-18(23)22-17-4-2-3-7-24(17)20(13)26)19(25)21-10-12-5-6-15-16(8-12)28-11-27-15/h2-9H,10-11H2,1H3,(H,21,25). The number of pyridine rings is 1. The Bertz CT molecular complexity index is 1310. The Morgan fingerprint density at radius 3 is 2.93 bits per heavy atom. The summed E-state index contributed by atoms with van der Waals surface area (Å²) in [5.41, 5.74) is 2.07. The largest absolute Gasteiger partial charge is 0.454 e. The van der Waals surface area contributed by atoms with Gasteiger partial charge in [0.25, 0.3) is 11.5 Å². The highest BCUT2D eigenvalue weighted by atomic mass is 16.7. The predicted octanol–water partition coefficient (Wildman–Crippen LogP) is 1.84. The zero-order chi connectivity index (χ0) is 19.3. The first-order valence-electron chi connectivity index (χ1n) is 8.75. The van der Waals surface area contributed by atoms with Gasteiger partial charge in [0.05, 0.1) is 5.39 Å². The first kappa shape index (κ1) is 16.4. The van der Waals surface area contributed by atoms with Crippen LogP contribution in [0.25, 0.3) is 16.7 Å². The van der Waals surface area contributed by atoms with Crippen molar-refractivity contribution in [3.8, 4) is 11.5 Å². The second kappa shape index (κ2) is 6.12. The number of carbonyl (C=O) groups is 1. The molecule has 0 radical (unpaired) electrons. The summed E-state index contributed by atoms with van der Waals surface area (Å²) < 4.78 is 13.8. The Balaban J connectivity index is 1.46. The molecule has 4 heterocycles. The highest BCUT2D eigenvalue weighted by Gasteiger charge is 2.18. The molecule has 4 aromatic rings. The molecule has 0 saturated carbocycles. The van der Waals surface area contributed by atoms with Crippen molar-refractivity contribution in [2.45, 2.75) is 6.54 Å². The van der Waals surface area contributed by atoms with E-state index in [0.29, 0.717) is 40.4 Å². The first-order chi connectivity index (χ1) is 13.6. The topological polar surface area (TPSA) is 86.9 Å². The minimum atomic E-state index is -0.286. The molecular weight excluding hydrogens is 360 g/mol. The van der Waals surface area contributed by atoms with Gasteiger partial charge in [0.15, 0.2) is 11.5 Å². The molecule has 0 atom stereocenters. The van der Waals surface area contributed by atoms with E-state index >= 15 is 0 Å². The smallest absolute Gasteiger partial charge is 0.268 e. The Morgan fingerprint density at radius 1 is 1.18 bits per heavy atom. The van der Waals surface area contributed by atoms with E-state index in [4.69, 9.17) is 9.47 Å². The zero-order valence-electron chi connectivity index (χ0n) is 15.0. The molecule has 1 N–H and O–H groups in total. The van der Waals surface area contributed by atoms with Gasteiger partial charge < -0.3 is 19.4 Å². The molecule has 0 saturated heterocycles. The maximum atomic E-state index is 12.7. The third kappa shape index (κ3) is 2.50. The summed E-state index contributed by atoms with van der Waals surface area (Å²) in [6, 6.07) is 12.4. The average molecular weight is 376 g/mol. The van der Waals surface area contributed by atoms with Crippen molar-refractivity contribution in [3.05, 3.63) is 70.3 Å². The Hall–Kier alpha value is -3.81. The van der Waals surface area contributed by atoms with E-state index < -0.39 is 0 Å². The molecule has 140 valence electrons. The molecule has 1 aliphatic rings. The zero-order valence-corrected chi connectivity index (χ0v) is 15.0. The molecule has 0 fully saturated rings. The summed E-state index contributed by atoms with van der Waals surface area (Å²) in [6.45, 7) is 0.531. The van der Waals surface area contributed by atoms with Crippen LogP contribution in [0.5, 0.6) is 11.5 Å². The van der Waals surface area contributed by atoms with Gasteiger partial charge in [0.2, 0.25) is 6.79 Å². The SMILES string of the molecule is Cn1c(C(=O)NCc2ccc3c(c2)OCO3)cc2c(=O)n3ccccc3nc21. The van der Waals surface area contributed by atoms with E-state index in [1.807, 2.05) is 24.3 Å². The second-order valence-corrected chi connectivity index (χ2v) is 6.54. The van der Waals surface area contributed by atoms with Gasteiger partial charge in [-0.3, -0.25) is 14.0 Å². The molecule has 0 spiro atoms. The van der Waals surface area contributed by atoms with Crippen LogP contribution in [0.2, 0.25) is 0 Å². The van der Waals surface area contributed by atoms with Gasteiger partial charge in [0.1, 0.15) is 17.0 Å². The molecule has 5 rings (SSSR count). The summed E-state index contributed by atoms with van der Waals surface area (Å²) >= 11 is 0. The fourth-order valence-corrected chi connectivity index (χ4v) is 3.36. The third-order valence-corrected chi connectivity index (χ3v) is 4.83. The molecule has 8 nitrogen and oxygen atoms in total. The van der Waals surface area contributed by atoms with Gasteiger partial charge in [-0.2, -0.15) is 0 Å². The Morgan fingerprint density at radius 2 is 2.04 bits per heavy atom. The minimum absolute atomic E-state index is 0.203. The minimum Gasteiger partial charge on any atom is -0.454 e. The third-order valence-electron chi connectivity index (χ3n) is 4.83. The predicted molar refractivity (Wildman–Crippen MR) is 102 cm³/mol. The number of fused-ring (bicyclic) bond motifs is 3. The van der Waals surface area contributed by atoms with Crippen molar-refractivity contribution in [2.24, 2.45) is 7.05 Å². The van der Waals surface area contributed by atoms with E-state index in [9.17, 15) is 9.59 Å². The van der Waals surface area contributed by atoms with Crippen molar-refractivity contribution in [2.75, 3.05) is 6.79 Å². The van der Waals surface area contributed by atoms with Crippen LogP contribution in [-0.4, -0.2) is 26.7 Å². The molecule has 1 aliphatic heterocycles. The van der Waals surface area contributed by atoms with Crippen molar-refractivity contribution >= 4 is 22.6 Å². The summed E-state index contributed by atoms with van der Waals surface area (Å²) in [6.07, 6.45) is 1.66. The lowest BCUT2D eigenvalue weighted by molar-refractivity contribution is 0.0943. The van der Waals surface area contributed by atoms with Crippen molar-refractivity contribution in [1.82, 2.24) is 19.3 Å². The monoisotopic (exact) mass is 376 g/mol. The number of ether oxygens (including phenoxy) is 2. The van der Waals surface area contributed by atoms with Crippen LogP contribution in [0.15, 0.2) is 53.5 Å². The summed E-state index contributed by atoms with van der Waals surface area (Å²) in [5, 5.41) is 3.28. The number of aromatic nitrogens is 3. The normalized spacial score (nSPS) is 12.6. The van der Waals surface area contributed by atoms with E-state index in [-0.39, 0.29) is 18.3 Å². The molecule has 1 amide bonds. The maximum Gasteiger partial charge on any atom is 0.268 e. The van der Waals surface area contributed by atoms with Gasteiger partial charge in [-0.15, -0.1) is 0 Å². The van der Waals surface area contributed by atoms with Crippen LogP contribution in [0.4, 0.5) is 0 Å². The average Bonchev–Trinajstić information content (AvgIpc) is 3.31. The quantitative estimate of drug-likeness (QED) is 0.590. The van der Waals surface area contributed by atoms with Crippen LogP contribution in [-0.2, 0) is 13.6 Å². The summed E-state index contributed by atoms with van der Waals surface area (Å²) in [5.74, 6) is 1.08. The number of carbonyl (C=O) groups excluding carboxylic acids is 1. The lowest BCUT2D eigenvalue weighted by atomic mass is 10.2. The van der Waals surface area contributed by atoms with Crippen molar-refractivity contribution < 1.29 is 14.3 Å². The number of hydrogen-bond acceptors (Lipinski definition) is 5. The van der Waals surface area contributed by atoms with Gasteiger partial charge >= 0.3 is 0 Å².